The maximum atomic E-state index is 13.9. The van der Waals surface area contributed by atoms with Gasteiger partial charge in [0.05, 0.1) is 19.8 Å². The van der Waals surface area contributed by atoms with Crippen molar-refractivity contribution >= 4 is 11.9 Å². The SMILES string of the molecule is COc1cc(OC)cc(C(=O)OCC(=O)N(Cc2ccccc2F)C2CC2)c1. The molecule has 0 aliphatic heterocycles. The Morgan fingerprint density at radius 3 is 2.29 bits per heavy atom. The first-order chi connectivity index (χ1) is 13.5. The highest BCUT2D eigenvalue weighted by atomic mass is 19.1. The van der Waals surface area contributed by atoms with Crippen LogP contribution in [0.3, 0.4) is 0 Å². The Balaban J connectivity index is 1.65. The van der Waals surface area contributed by atoms with Crippen molar-refractivity contribution in [1.29, 1.82) is 0 Å². The van der Waals surface area contributed by atoms with Gasteiger partial charge in [-0.25, -0.2) is 9.18 Å². The van der Waals surface area contributed by atoms with Crippen LogP contribution in [-0.4, -0.2) is 43.6 Å². The van der Waals surface area contributed by atoms with E-state index in [-0.39, 0.29) is 29.9 Å². The third-order valence-corrected chi connectivity index (χ3v) is 4.52. The molecule has 6 nitrogen and oxygen atoms in total. The van der Waals surface area contributed by atoms with Crippen LogP contribution in [0.5, 0.6) is 11.5 Å². The minimum atomic E-state index is -0.660. The van der Waals surface area contributed by atoms with Crippen LogP contribution < -0.4 is 9.47 Å². The molecule has 28 heavy (non-hydrogen) atoms. The Morgan fingerprint density at radius 1 is 1.07 bits per heavy atom. The van der Waals surface area contributed by atoms with E-state index in [0.29, 0.717) is 17.1 Å². The molecular weight excluding hydrogens is 365 g/mol. The Kier molecular flexibility index (Phi) is 6.13. The number of amides is 1. The van der Waals surface area contributed by atoms with Crippen molar-refractivity contribution in [3.05, 3.63) is 59.4 Å². The second-order valence-electron chi connectivity index (χ2n) is 6.52. The molecule has 1 fully saturated rings. The molecule has 0 aromatic heterocycles. The highest BCUT2D eigenvalue weighted by molar-refractivity contribution is 5.92. The van der Waals surface area contributed by atoms with E-state index in [9.17, 15) is 14.0 Å². The summed E-state index contributed by atoms with van der Waals surface area (Å²) in [6.45, 7) is -0.260. The molecule has 1 aliphatic rings. The second-order valence-corrected chi connectivity index (χ2v) is 6.52. The van der Waals surface area contributed by atoms with E-state index >= 15 is 0 Å². The van der Waals surface area contributed by atoms with Crippen molar-refractivity contribution in [3.63, 3.8) is 0 Å². The number of hydrogen-bond donors (Lipinski definition) is 0. The molecule has 0 heterocycles. The summed E-state index contributed by atoms with van der Waals surface area (Å²) in [4.78, 5) is 26.5. The fourth-order valence-corrected chi connectivity index (χ4v) is 2.84. The molecule has 0 bridgehead atoms. The van der Waals surface area contributed by atoms with E-state index in [1.807, 2.05) is 0 Å². The van der Waals surface area contributed by atoms with Crippen molar-refractivity contribution in [3.8, 4) is 11.5 Å². The van der Waals surface area contributed by atoms with Gasteiger partial charge in [0.25, 0.3) is 5.91 Å². The highest BCUT2D eigenvalue weighted by Crippen LogP contribution is 2.29. The van der Waals surface area contributed by atoms with E-state index in [1.54, 1.807) is 29.2 Å². The van der Waals surface area contributed by atoms with E-state index < -0.39 is 12.6 Å². The maximum absolute atomic E-state index is 13.9. The molecule has 148 valence electrons. The van der Waals surface area contributed by atoms with Crippen LogP contribution in [0.15, 0.2) is 42.5 Å². The molecule has 1 aliphatic carbocycles. The van der Waals surface area contributed by atoms with E-state index in [1.165, 1.54) is 32.4 Å². The largest absolute Gasteiger partial charge is 0.497 e. The normalized spacial score (nSPS) is 13.0. The fourth-order valence-electron chi connectivity index (χ4n) is 2.84. The van der Waals surface area contributed by atoms with Gasteiger partial charge in [-0.2, -0.15) is 0 Å². The van der Waals surface area contributed by atoms with Crippen LogP contribution in [0, 0.1) is 5.82 Å². The number of carbonyl (C=O) groups is 2. The first-order valence-electron chi connectivity index (χ1n) is 8.95. The van der Waals surface area contributed by atoms with Crippen LogP contribution in [0.1, 0.15) is 28.8 Å². The molecule has 7 heteroatoms. The number of nitrogens with zero attached hydrogens (tertiary/aromatic N) is 1. The molecule has 0 N–H and O–H groups in total. The molecule has 0 saturated heterocycles. The van der Waals surface area contributed by atoms with Gasteiger partial charge in [-0.15, -0.1) is 0 Å². The predicted octanol–water partition coefficient (Wildman–Crippen LogP) is 3.19. The lowest BCUT2D eigenvalue weighted by Gasteiger charge is -2.22. The van der Waals surface area contributed by atoms with Crippen LogP contribution in [-0.2, 0) is 16.1 Å². The summed E-state index contributed by atoms with van der Waals surface area (Å²) in [6.07, 6.45) is 1.72. The van der Waals surface area contributed by atoms with E-state index in [4.69, 9.17) is 14.2 Å². The number of esters is 1. The number of halogens is 1. The highest BCUT2D eigenvalue weighted by Gasteiger charge is 2.33. The van der Waals surface area contributed by atoms with Gasteiger partial charge in [-0.1, -0.05) is 18.2 Å². The monoisotopic (exact) mass is 387 g/mol. The molecule has 0 radical (unpaired) electrons. The third kappa shape index (κ3) is 4.79. The molecule has 2 aromatic rings. The number of carbonyl (C=O) groups excluding carboxylic acids is 2. The zero-order valence-electron chi connectivity index (χ0n) is 15.8. The summed E-state index contributed by atoms with van der Waals surface area (Å²) < 4.78 is 29.4. The van der Waals surface area contributed by atoms with Crippen LogP contribution in [0.4, 0.5) is 4.39 Å². The number of benzene rings is 2. The number of methoxy groups -OCH3 is 2. The predicted molar refractivity (Wildman–Crippen MR) is 99.8 cm³/mol. The van der Waals surface area contributed by atoms with E-state index in [0.717, 1.165) is 12.8 Å². The first-order valence-corrected chi connectivity index (χ1v) is 8.95. The van der Waals surface area contributed by atoms with Crippen molar-refractivity contribution in [1.82, 2.24) is 4.90 Å². The zero-order valence-corrected chi connectivity index (χ0v) is 15.8. The molecule has 2 aromatic carbocycles. The van der Waals surface area contributed by atoms with Crippen molar-refractivity contribution in [2.45, 2.75) is 25.4 Å². The number of ether oxygens (including phenoxy) is 3. The minimum Gasteiger partial charge on any atom is -0.497 e. The Morgan fingerprint density at radius 2 is 1.71 bits per heavy atom. The average molecular weight is 387 g/mol. The average Bonchev–Trinajstić information content (AvgIpc) is 3.55. The molecular formula is C21H22FNO5. The summed E-state index contributed by atoms with van der Waals surface area (Å²) in [7, 11) is 2.95. The Bertz CT molecular complexity index is 843. The lowest BCUT2D eigenvalue weighted by Crippen LogP contribution is -2.36. The molecule has 3 rings (SSSR count). The van der Waals surface area contributed by atoms with Gasteiger partial charge >= 0.3 is 5.97 Å². The van der Waals surface area contributed by atoms with Crippen molar-refractivity contribution < 1.29 is 28.2 Å². The van der Waals surface area contributed by atoms with Gasteiger partial charge in [-0.05, 0) is 31.0 Å². The molecule has 0 spiro atoms. The number of rotatable bonds is 8. The first kappa shape index (κ1) is 19.7. The second kappa shape index (κ2) is 8.73. The van der Waals surface area contributed by atoms with Crippen LogP contribution in [0.25, 0.3) is 0 Å². The quantitative estimate of drug-likeness (QED) is 0.651. The van der Waals surface area contributed by atoms with E-state index in [2.05, 4.69) is 0 Å². The summed E-state index contributed by atoms with van der Waals surface area (Å²) in [5.74, 6) is -0.490. The van der Waals surface area contributed by atoms with Crippen LogP contribution >= 0.6 is 0 Å². The smallest absolute Gasteiger partial charge is 0.338 e. The molecule has 0 unspecified atom stereocenters. The Hall–Kier alpha value is -3.09. The molecule has 0 atom stereocenters. The molecule has 1 amide bonds. The lowest BCUT2D eigenvalue weighted by atomic mass is 10.2. The Labute approximate surface area is 162 Å². The van der Waals surface area contributed by atoms with Gasteiger partial charge in [0, 0.05) is 24.2 Å². The lowest BCUT2D eigenvalue weighted by molar-refractivity contribution is -0.135. The van der Waals surface area contributed by atoms with Gasteiger partial charge in [0.2, 0.25) is 0 Å². The number of hydrogen-bond acceptors (Lipinski definition) is 5. The third-order valence-electron chi connectivity index (χ3n) is 4.52. The van der Waals surface area contributed by atoms with Gasteiger partial charge < -0.3 is 19.1 Å². The van der Waals surface area contributed by atoms with Crippen LogP contribution in [0.2, 0.25) is 0 Å². The maximum Gasteiger partial charge on any atom is 0.338 e. The molecule has 1 saturated carbocycles. The topological polar surface area (TPSA) is 65.1 Å². The zero-order chi connectivity index (χ0) is 20.1. The van der Waals surface area contributed by atoms with Gasteiger partial charge in [0.1, 0.15) is 17.3 Å². The van der Waals surface area contributed by atoms with Gasteiger partial charge in [-0.3, -0.25) is 4.79 Å². The fraction of sp³-hybridized carbons (Fsp3) is 0.333. The summed E-state index contributed by atoms with van der Waals surface area (Å²) >= 11 is 0. The summed E-state index contributed by atoms with van der Waals surface area (Å²) in [6, 6.07) is 11.0. The summed E-state index contributed by atoms with van der Waals surface area (Å²) in [5, 5.41) is 0. The summed E-state index contributed by atoms with van der Waals surface area (Å²) in [5.41, 5.74) is 0.655. The van der Waals surface area contributed by atoms with Gasteiger partial charge in [0.15, 0.2) is 6.61 Å². The van der Waals surface area contributed by atoms with Crippen molar-refractivity contribution in [2.24, 2.45) is 0 Å². The standard InChI is InChI=1S/C21H22FNO5/c1-26-17-9-15(10-18(11-17)27-2)21(25)28-13-20(24)23(16-7-8-16)12-14-5-3-4-6-19(14)22/h3-6,9-11,16H,7-8,12-13H2,1-2H3. The van der Waals surface area contributed by atoms with Crippen molar-refractivity contribution in [2.75, 3.05) is 20.8 Å². The minimum absolute atomic E-state index is 0.0581.